The fraction of sp³-hybridized carbons (Fsp3) is 0.0145. The summed E-state index contributed by atoms with van der Waals surface area (Å²) in [4.78, 5) is 2.27. The van der Waals surface area contributed by atoms with Crippen molar-refractivity contribution in [2.45, 2.75) is 5.41 Å². The highest BCUT2D eigenvalue weighted by Gasteiger charge is 2.48. The highest BCUT2D eigenvalue weighted by molar-refractivity contribution is 6.20. The molecule has 0 radical (unpaired) electrons. The molecule has 0 unspecified atom stereocenters. The molecule has 0 atom stereocenters. The molecule has 0 amide bonds. The van der Waals surface area contributed by atoms with Gasteiger partial charge in [0.25, 0.3) is 0 Å². The van der Waals surface area contributed by atoms with Crippen molar-refractivity contribution in [3.8, 4) is 27.9 Å². The number of aromatic nitrogens is 1. The Balaban J connectivity index is 1.09. The second kappa shape index (κ2) is 16.0. The van der Waals surface area contributed by atoms with Gasteiger partial charge in [-0.05, 0) is 134 Å². The van der Waals surface area contributed by atoms with Crippen molar-refractivity contribution in [1.82, 2.24) is 4.57 Å². The van der Waals surface area contributed by atoms with Crippen molar-refractivity contribution >= 4 is 82.4 Å². The van der Waals surface area contributed by atoms with Crippen LogP contribution in [-0.4, -0.2) is 4.57 Å². The van der Waals surface area contributed by atoms with Crippen LogP contribution in [-0.2, 0) is 5.41 Å². The third-order valence-electron chi connectivity index (χ3n) is 15.5. The smallest absolute Gasteiger partial charge is 0.145 e. The van der Waals surface area contributed by atoms with Crippen LogP contribution in [0.1, 0.15) is 22.3 Å². The average molecular weight is 935 g/mol. The summed E-state index contributed by atoms with van der Waals surface area (Å²) in [6.07, 6.45) is 0. The lowest BCUT2D eigenvalue weighted by molar-refractivity contribution is 0.631. The van der Waals surface area contributed by atoms with Gasteiger partial charge in [-0.3, -0.25) is 0 Å². The SMILES string of the molecule is Fc1cc(N(c2ccc3c(c2)c2ccccc2n3-c2ccccc2)c2cc3c(c4oc5ccccc5c24)-c2ccccc2C3(c2ccc3ccccc3c2)c2ccc3ccccc3c2)ccc1-c1ccccc1. The molecular formula is C69H43FN2O. The van der Waals surface area contributed by atoms with Crippen LogP contribution in [0.4, 0.5) is 21.5 Å². The molecule has 1 aliphatic rings. The topological polar surface area (TPSA) is 21.3 Å². The largest absolute Gasteiger partial charge is 0.455 e. The van der Waals surface area contributed by atoms with Crippen molar-refractivity contribution in [1.29, 1.82) is 0 Å². The molecule has 0 fully saturated rings. The van der Waals surface area contributed by atoms with E-state index >= 15 is 4.39 Å². The number of furan rings is 1. The van der Waals surface area contributed by atoms with Crippen LogP contribution >= 0.6 is 0 Å². The van der Waals surface area contributed by atoms with E-state index in [0.717, 1.165) is 105 Å². The molecule has 15 rings (SSSR count). The van der Waals surface area contributed by atoms with Crippen LogP contribution in [0.15, 0.2) is 265 Å². The van der Waals surface area contributed by atoms with Gasteiger partial charge >= 0.3 is 0 Å². The number of para-hydroxylation sites is 3. The Morgan fingerprint density at radius 3 is 1.74 bits per heavy atom. The Kier molecular flexibility index (Phi) is 9.05. The summed E-state index contributed by atoms with van der Waals surface area (Å²) in [5.41, 5.74) is 14.6. The number of rotatable bonds is 7. The number of hydrogen-bond acceptors (Lipinski definition) is 2. The maximum atomic E-state index is 17.3. The summed E-state index contributed by atoms with van der Waals surface area (Å²) in [5, 5.41) is 8.83. The molecule has 12 aromatic carbocycles. The van der Waals surface area contributed by atoms with Gasteiger partial charge in [0.15, 0.2) is 0 Å². The number of nitrogens with zero attached hydrogens (tertiary/aromatic N) is 2. The zero-order chi connectivity index (χ0) is 48.2. The molecule has 4 heteroatoms. The quantitative estimate of drug-likeness (QED) is 0.159. The standard InChI is InChI=1S/C69H43FN2O/c70-61-42-53(35-37-54(61)46-19-3-1-4-20-46)71(52-36-38-63-58(41-52)55-25-12-15-29-62(55)72(63)51-23-5-2-6-24-51)64-43-60-66(68-67(64)57-27-13-16-30-65(57)73-68)56-26-11-14-28-59(56)69(60,49-33-31-44-17-7-9-21-47(44)39-49)50-34-32-45-18-8-10-22-48(45)40-50/h1-43H. The second-order valence-corrected chi connectivity index (χ2v) is 19.3. The number of halogens is 1. The third kappa shape index (κ3) is 6.11. The molecule has 0 spiro atoms. The molecule has 0 bridgehead atoms. The van der Waals surface area contributed by atoms with Crippen molar-refractivity contribution in [2.75, 3.05) is 4.90 Å². The lowest BCUT2D eigenvalue weighted by Gasteiger charge is -2.35. The van der Waals surface area contributed by atoms with E-state index < -0.39 is 5.41 Å². The first-order chi connectivity index (χ1) is 36.1. The Morgan fingerprint density at radius 2 is 1.00 bits per heavy atom. The van der Waals surface area contributed by atoms with Crippen molar-refractivity contribution in [3.05, 3.63) is 289 Å². The molecule has 0 saturated heterocycles. The van der Waals surface area contributed by atoms with Crippen molar-refractivity contribution in [2.24, 2.45) is 0 Å². The predicted molar refractivity (Wildman–Crippen MR) is 300 cm³/mol. The van der Waals surface area contributed by atoms with Crippen LogP contribution in [0.5, 0.6) is 0 Å². The Bertz CT molecular complexity index is 4450. The highest BCUT2D eigenvalue weighted by Crippen LogP contribution is 2.61. The number of hydrogen-bond donors (Lipinski definition) is 0. The van der Waals surface area contributed by atoms with E-state index in [9.17, 15) is 0 Å². The van der Waals surface area contributed by atoms with Crippen LogP contribution in [0.3, 0.4) is 0 Å². The Labute approximate surface area is 420 Å². The zero-order valence-electron chi connectivity index (χ0n) is 39.5. The van der Waals surface area contributed by atoms with Gasteiger partial charge in [-0.15, -0.1) is 0 Å². The monoisotopic (exact) mass is 934 g/mol. The molecule has 3 nitrogen and oxygen atoms in total. The van der Waals surface area contributed by atoms with Gasteiger partial charge in [0.05, 0.1) is 27.5 Å². The summed E-state index contributed by atoms with van der Waals surface area (Å²) in [6, 6.07) is 92.1. The van der Waals surface area contributed by atoms with Crippen LogP contribution < -0.4 is 4.90 Å². The zero-order valence-corrected chi connectivity index (χ0v) is 39.5. The minimum absolute atomic E-state index is 0.306. The van der Waals surface area contributed by atoms with Crippen LogP contribution in [0.2, 0.25) is 0 Å². The molecule has 14 aromatic rings. The number of benzene rings is 12. The van der Waals surface area contributed by atoms with E-state index in [4.69, 9.17) is 4.42 Å². The lowest BCUT2D eigenvalue weighted by atomic mass is 9.67. The van der Waals surface area contributed by atoms with Gasteiger partial charge in [-0.1, -0.05) is 182 Å². The fourth-order valence-electron chi connectivity index (χ4n) is 12.3. The van der Waals surface area contributed by atoms with E-state index in [1.165, 1.54) is 16.3 Å². The average Bonchev–Trinajstić information content (AvgIpc) is 4.10. The maximum absolute atomic E-state index is 17.3. The molecule has 1 aliphatic carbocycles. The van der Waals surface area contributed by atoms with Gasteiger partial charge in [-0.2, -0.15) is 0 Å². The maximum Gasteiger partial charge on any atom is 0.145 e. The van der Waals surface area contributed by atoms with Crippen molar-refractivity contribution in [3.63, 3.8) is 0 Å². The first-order valence-electron chi connectivity index (χ1n) is 24.9. The molecule has 342 valence electrons. The van der Waals surface area contributed by atoms with E-state index in [-0.39, 0.29) is 5.82 Å². The van der Waals surface area contributed by atoms with Gasteiger partial charge in [-0.25, -0.2) is 4.39 Å². The minimum atomic E-state index is -0.816. The van der Waals surface area contributed by atoms with E-state index in [0.29, 0.717) is 11.3 Å². The first-order valence-corrected chi connectivity index (χ1v) is 24.9. The van der Waals surface area contributed by atoms with Gasteiger partial charge < -0.3 is 13.9 Å². The molecule has 2 aromatic heterocycles. The molecule has 2 heterocycles. The summed E-state index contributed by atoms with van der Waals surface area (Å²) >= 11 is 0. The highest BCUT2D eigenvalue weighted by atomic mass is 19.1. The first kappa shape index (κ1) is 41.3. The van der Waals surface area contributed by atoms with Crippen molar-refractivity contribution < 1.29 is 8.81 Å². The fourth-order valence-corrected chi connectivity index (χ4v) is 12.3. The van der Waals surface area contributed by atoms with E-state index in [2.05, 4.69) is 222 Å². The summed E-state index contributed by atoms with van der Waals surface area (Å²) in [5.74, 6) is -0.306. The summed E-state index contributed by atoms with van der Waals surface area (Å²) < 4.78 is 26.9. The Morgan fingerprint density at radius 1 is 0.411 bits per heavy atom. The summed E-state index contributed by atoms with van der Waals surface area (Å²) in [6.45, 7) is 0. The van der Waals surface area contributed by atoms with Gasteiger partial charge in [0.1, 0.15) is 17.0 Å². The molecule has 0 N–H and O–H groups in total. The number of anilines is 3. The normalized spacial score (nSPS) is 12.8. The van der Waals surface area contributed by atoms with Gasteiger partial charge in [0, 0.05) is 44.3 Å². The second-order valence-electron chi connectivity index (χ2n) is 19.3. The summed E-state index contributed by atoms with van der Waals surface area (Å²) in [7, 11) is 0. The number of fused-ring (bicyclic) bond motifs is 12. The van der Waals surface area contributed by atoms with E-state index in [1.807, 2.05) is 42.5 Å². The van der Waals surface area contributed by atoms with Crippen LogP contribution in [0, 0.1) is 5.82 Å². The molecule has 0 aliphatic heterocycles. The predicted octanol–water partition coefficient (Wildman–Crippen LogP) is 18.6. The van der Waals surface area contributed by atoms with E-state index in [1.54, 1.807) is 6.07 Å². The molecule has 0 saturated carbocycles. The third-order valence-corrected chi connectivity index (χ3v) is 15.5. The Hall–Kier alpha value is -9.51. The minimum Gasteiger partial charge on any atom is -0.455 e. The van der Waals surface area contributed by atoms with Crippen LogP contribution in [0.25, 0.3) is 93.2 Å². The molecule has 73 heavy (non-hydrogen) atoms. The molecular weight excluding hydrogens is 892 g/mol. The lowest BCUT2D eigenvalue weighted by Crippen LogP contribution is -2.29. The van der Waals surface area contributed by atoms with Gasteiger partial charge in [0.2, 0.25) is 0 Å².